The van der Waals surface area contributed by atoms with E-state index in [9.17, 15) is 4.79 Å². The van der Waals surface area contributed by atoms with Crippen LogP contribution in [0, 0.1) is 11.8 Å². The Morgan fingerprint density at radius 2 is 1.79 bits per heavy atom. The van der Waals surface area contributed by atoms with Crippen molar-refractivity contribution in [2.24, 2.45) is 11.8 Å². The number of nitrogens with one attached hydrogen (secondary N) is 2. The molecule has 2 fully saturated rings. The topological polar surface area (TPSA) is 41.1 Å². The first-order chi connectivity index (χ1) is 9.29. The lowest BCUT2D eigenvalue weighted by atomic mass is 9.79. The quantitative estimate of drug-likeness (QED) is 0.663. The van der Waals surface area contributed by atoms with Gasteiger partial charge in [0.25, 0.3) is 0 Å². The van der Waals surface area contributed by atoms with Crippen molar-refractivity contribution in [3.8, 4) is 0 Å². The van der Waals surface area contributed by atoms with E-state index in [0.717, 1.165) is 37.9 Å². The summed E-state index contributed by atoms with van der Waals surface area (Å²) >= 11 is 0. The lowest BCUT2D eigenvalue weighted by molar-refractivity contribution is -0.126. The molecule has 3 heteroatoms. The average Bonchev–Trinajstić information content (AvgIpc) is 3.26. The SMILES string of the molecule is CCCCC1CCC(C(=O)NCCNC2CC2)CC1. The lowest BCUT2D eigenvalue weighted by Crippen LogP contribution is -2.37. The third-order valence-electron chi connectivity index (χ3n) is 4.62. The number of carbonyl (C=O) groups is 1. The lowest BCUT2D eigenvalue weighted by Gasteiger charge is -2.27. The van der Waals surface area contributed by atoms with Gasteiger partial charge in [0.2, 0.25) is 5.91 Å². The minimum Gasteiger partial charge on any atom is -0.355 e. The molecule has 0 aromatic heterocycles. The molecular weight excluding hydrogens is 236 g/mol. The van der Waals surface area contributed by atoms with Crippen molar-refractivity contribution < 1.29 is 4.79 Å². The van der Waals surface area contributed by atoms with Gasteiger partial charge in [0.1, 0.15) is 0 Å². The Bertz CT molecular complexity index is 268. The molecule has 2 aliphatic carbocycles. The first-order valence-corrected chi connectivity index (χ1v) is 8.30. The van der Waals surface area contributed by atoms with E-state index in [2.05, 4.69) is 17.6 Å². The van der Waals surface area contributed by atoms with Gasteiger partial charge in [-0.15, -0.1) is 0 Å². The number of rotatable bonds is 8. The second kappa shape index (κ2) is 7.88. The summed E-state index contributed by atoms with van der Waals surface area (Å²) in [4.78, 5) is 12.0. The Hall–Kier alpha value is -0.570. The van der Waals surface area contributed by atoms with Gasteiger partial charge in [0.05, 0.1) is 0 Å². The van der Waals surface area contributed by atoms with Crippen LogP contribution in [-0.4, -0.2) is 25.0 Å². The summed E-state index contributed by atoms with van der Waals surface area (Å²) in [5.74, 6) is 1.48. The van der Waals surface area contributed by atoms with Gasteiger partial charge >= 0.3 is 0 Å². The predicted molar refractivity (Wildman–Crippen MR) is 79.0 cm³/mol. The van der Waals surface area contributed by atoms with Crippen molar-refractivity contribution in [2.75, 3.05) is 13.1 Å². The van der Waals surface area contributed by atoms with Gasteiger partial charge in [0.15, 0.2) is 0 Å². The van der Waals surface area contributed by atoms with E-state index >= 15 is 0 Å². The van der Waals surface area contributed by atoms with Gasteiger partial charge < -0.3 is 10.6 Å². The Kier molecular flexibility index (Phi) is 6.15. The molecule has 2 rings (SSSR count). The highest BCUT2D eigenvalue weighted by molar-refractivity contribution is 5.78. The molecule has 0 spiro atoms. The maximum Gasteiger partial charge on any atom is 0.223 e. The fourth-order valence-electron chi connectivity index (χ4n) is 3.10. The second-order valence-corrected chi connectivity index (χ2v) is 6.38. The van der Waals surface area contributed by atoms with Crippen LogP contribution in [0.5, 0.6) is 0 Å². The molecule has 3 nitrogen and oxygen atoms in total. The monoisotopic (exact) mass is 266 g/mol. The van der Waals surface area contributed by atoms with Crippen LogP contribution in [0.25, 0.3) is 0 Å². The largest absolute Gasteiger partial charge is 0.355 e. The summed E-state index contributed by atoms with van der Waals surface area (Å²) in [5, 5.41) is 6.52. The van der Waals surface area contributed by atoms with Gasteiger partial charge in [-0.1, -0.05) is 26.2 Å². The standard InChI is InChI=1S/C16H30N2O/c1-2-3-4-13-5-7-14(8-6-13)16(19)18-12-11-17-15-9-10-15/h13-15,17H,2-12H2,1H3,(H,18,19). The highest BCUT2D eigenvalue weighted by atomic mass is 16.1. The first-order valence-electron chi connectivity index (χ1n) is 8.30. The van der Waals surface area contributed by atoms with Gasteiger partial charge in [-0.05, 0) is 44.4 Å². The molecule has 0 aromatic rings. The van der Waals surface area contributed by atoms with Crippen LogP contribution in [0.4, 0.5) is 0 Å². The molecular formula is C16H30N2O. The van der Waals surface area contributed by atoms with Gasteiger partial charge in [-0.3, -0.25) is 4.79 Å². The van der Waals surface area contributed by atoms with E-state index in [4.69, 9.17) is 0 Å². The molecule has 0 bridgehead atoms. The highest BCUT2D eigenvalue weighted by Gasteiger charge is 2.25. The molecule has 0 aliphatic heterocycles. The van der Waals surface area contributed by atoms with Gasteiger partial charge in [0, 0.05) is 25.0 Å². The molecule has 0 atom stereocenters. The second-order valence-electron chi connectivity index (χ2n) is 6.38. The Morgan fingerprint density at radius 3 is 2.42 bits per heavy atom. The Balaban J connectivity index is 1.53. The number of amides is 1. The summed E-state index contributed by atoms with van der Waals surface area (Å²) in [6, 6.07) is 0.742. The third kappa shape index (κ3) is 5.52. The minimum absolute atomic E-state index is 0.291. The van der Waals surface area contributed by atoms with Crippen LogP contribution in [0.1, 0.15) is 64.7 Å². The molecule has 110 valence electrons. The normalized spacial score (nSPS) is 27.2. The summed E-state index contributed by atoms with van der Waals surface area (Å²) in [6.45, 7) is 3.99. The van der Waals surface area contributed by atoms with E-state index in [0.29, 0.717) is 11.8 Å². The molecule has 0 unspecified atom stereocenters. The summed E-state index contributed by atoms with van der Waals surface area (Å²) in [6.07, 6.45) is 11.4. The average molecular weight is 266 g/mol. The number of carbonyl (C=O) groups excluding carboxylic acids is 1. The summed E-state index contributed by atoms with van der Waals surface area (Å²) in [7, 11) is 0. The maximum absolute atomic E-state index is 12.0. The zero-order chi connectivity index (χ0) is 13.5. The number of hydrogen-bond donors (Lipinski definition) is 2. The molecule has 2 N–H and O–H groups in total. The van der Waals surface area contributed by atoms with E-state index in [-0.39, 0.29) is 0 Å². The van der Waals surface area contributed by atoms with Crippen molar-refractivity contribution in [1.29, 1.82) is 0 Å². The van der Waals surface area contributed by atoms with Crippen LogP contribution < -0.4 is 10.6 Å². The van der Waals surface area contributed by atoms with Crippen molar-refractivity contribution in [1.82, 2.24) is 10.6 Å². The zero-order valence-electron chi connectivity index (χ0n) is 12.4. The molecule has 0 aromatic carbocycles. The smallest absolute Gasteiger partial charge is 0.223 e. The maximum atomic E-state index is 12.0. The van der Waals surface area contributed by atoms with Gasteiger partial charge in [-0.2, -0.15) is 0 Å². The van der Waals surface area contributed by atoms with Gasteiger partial charge in [-0.25, -0.2) is 0 Å². The van der Waals surface area contributed by atoms with Crippen LogP contribution >= 0.6 is 0 Å². The van der Waals surface area contributed by atoms with Crippen molar-refractivity contribution in [3.63, 3.8) is 0 Å². The number of hydrogen-bond acceptors (Lipinski definition) is 2. The Labute approximate surface area is 117 Å². The molecule has 2 aliphatic rings. The molecule has 1 amide bonds. The molecule has 2 saturated carbocycles. The predicted octanol–water partition coefficient (Wildman–Crippen LogP) is 2.85. The van der Waals surface area contributed by atoms with E-state index in [1.54, 1.807) is 0 Å². The van der Waals surface area contributed by atoms with Crippen molar-refractivity contribution in [3.05, 3.63) is 0 Å². The molecule has 0 saturated heterocycles. The minimum atomic E-state index is 0.291. The van der Waals surface area contributed by atoms with E-state index in [1.807, 2.05) is 0 Å². The number of unbranched alkanes of at least 4 members (excludes halogenated alkanes) is 1. The summed E-state index contributed by atoms with van der Waals surface area (Å²) in [5.41, 5.74) is 0. The summed E-state index contributed by atoms with van der Waals surface area (Å²) < 4.78 is 0. The van der Waals surface area contributed by atoms with Crippen LogP contribution in [0.2, 0.25) is 0 Å². The Morgan fingerprint density at radius 1 is 1.05 bits per heavy atom. The molecule has 19 heavy (non-hydrogen) atoms. The van der Waals surface area contributed by atoms with Crippen molar-refractivity contribution in [2.45, 2.75) is 70.8 Å². The molecule has 0 heterocycles. The van der Waals surface area contributed by atoms with Crippen LogP contribution in [-0.2, 0) is 4.79 Å². The third-order valence-corrected chi connectivity index (χ3v) is 4.62. The molecule has 0 radical (unpaired) electrons. The van der Waals surface area contributed by atoms with Crippen molar-refractivity contribution >= 4 is 5.91 Å². The zero-order valence-corrected chi connectivity index (χ0v) is 12.4. The fraction of sp³-hybridized carbons (Fsp3) is 0.938. The van der Waals surface area contributed by atoms with E-state index in [1.165, 1.54) is 44.9 Å². The first kappa shape index (κ1) is 14.8. The highest BCUT2D eigenvalue weighted by Crippen LogP contribution is 2.31. The fourth-order valence-corrected chi connectivity index (χ4v) is 3.10. The van der Waals surface area contributed by atoms with E-state index < -0.39 is 0 Å². The van der Waals surface area contributed by atoms with Crippen LogP contribution in [0.15, 0.2) is 0 Å². The van der Waals surface area contributed by atoms with Crippen LogP contribution in [0.3, 0.4) is 0 Å².